The molecule has 0 spiro atoms. The molecule has 1 saturated carbocycles. The summed E-state index contributed by atoms with van der Waals surface area (Å²) in [5.74, 6) is 1.55. The number of fused-ring (bicyclic) bond motifs is 3. The van der Waals surface area contributed by atoms with Crippen LogP contribution in [0.15, 0.2) is 42.5 Å². The van der Waals surface area contributed by atoms with Crippen LogP contribution in [0.1, 0.15) is 59.9 Å². The number of amides is 1. The van der Waals surface area contributed by atoms with Crippen molar-refractivity contribution in [2.45, 2.75) is 57.2 Å². The van der Waals surface area contributed by atoms with E-state index < -0.39 is 11.7 Å². The van der Waals surface area contributed by atoms with Crippen molar-refractivity contribution < 1.29 is 15.0 Å². The quantitative estimate of drug-likeness (QED) is 0.584. The van der Waals surface area contributed by atoms with E-state index in [-0.39, 0.29) is 19.0 Å². The molecule has 2 aliphatic rings. The molecule has 2 N–H and O–H groups in total. The number of benzene rings is 2. The Hall–Kier alpha value is -2.90. The van der Waals surface area contributed by atoms with E-state index in [1.807, 2.05) is 54.0 Å². The number of hydrogen-bond donors (Lipinski definition) is 2. The Morgan fingerprint density at radius 2 is 1.88 bits per heavy atom. The van der Waals surface area contributed by atoms with Gasteiger partial charge in [0.15, 0.2) is 5.82 Å². The van der Waals surface area contributed by atoms with Gasteiger partial charge < -0.3 is 10.2 Å². The maximum absolute atomic E-state index is 11.8. The molecule has 2 aromatic carbocycles. The van der Waals surface area contributed by atoms with Crippen LogP contribution in [0, 0.1) is 6.92 Å². The Kier molecular flexibility index (Phi) is 5.18. The molecule has 0 radical (unpaired) electrons. The summed E-state index contributed by atoms with van der Waals surface area (Å²) < 4.78 is 2.00. The number of aromatic nitrogens is 3. The molecule has 1 amide bonds. The third-order valence-electron chi connectivity index (χ3n) is 6.83. The highest BCUT2D eigenvalue weighted by Gasteiger charge is 2.38. The molecule has 1 aliphatic carbocycles. The zero-order valence-corrected chi connectivity index (χ0v) is 18.6. The second kappa shape index (κ2) is 7.90. The second-order valence-electron chi connectivity index (χ2n) is 8.84. The standard InChI is InChI=1S/C24H25ClN4O3/c1-15-4-2-3-5-19(15)24(32)10-8-16(9-11-24)22-27-26-21-14-28(23(30)31)13-17-12-18(25)6-7-20(17)29(21)22/h2-7,12,16,32H,8-11,13-14H2,1H3,(H,30,31). The molecule has 32 heavy (non-hydrogen) atoms. The van der Waals surface area contributed by atoms with Crippen molar-refractivity contribution in [3.05, 3.63) is 75.8 Å². The molecular formula is C24H25ClN4O3. The number of rotatable bonds is 2. The van der Waals surface area contributed by atoms with Crippen LogP contribution < -0.4 is 0 Å². The van der Waals surface area contributed by atoms with Crippen molar-refractivity contribution in [2.24, 2.45) is 0 Å². The highest BCUT2D eigenvalue weighted by Crippen LogP contribution is 2.44. The summed E-state index contributed by atoms with van der Waals surface area (Å²) in [6.07, 6.45) is 1.82. The van der Waals surface area contributed by atoms with E-state index in [0.717, 1.165) is 41.0 Å². The first-order valence-corrected chi connectivity index (χ1v) is 11.2. The number of halogens is 1. The fourth-order valence-electron chi connectivity index (χ4n) is 5.14. The number of aliphatic hydroxyl groups is 1. The lowest BCUT2D eigenvalue weighted by Crippen LogP contribution is -2.32. The molecule has 1 aromatic heterocycles. The van der Waals surface area contributed by atoms with Gasteiger partial charge in [0.05, 0.1) is 24.4 Å². The molecule has 8 heteroatoms. The zero-order valence-electron chi connectivity index (χ0n) is 17.8. The van der Waals surface area contributed by atoms with E-state index in [9.17, 15) is 15.0 Å². The molecule has 5 rings (SSSR count). The first kappa shape index (κ1) is 21.0. The van der Waals surface area contributed by atoms with Gasteiger partial charge in [0.1, 0.15) is 5.82 Å². The summed E-state index contributed by atoms with van der Waals surface area (Å²) >= 11 is 6.21. The maximum Gasteiger partial charge on any atom is 0.408 e. The number of carbonyl (C=O) groups is 1. The predicted molar refractivity (Wildman–Crippen MR) is 120 cm³/mol. The van der Waals surface area contributed by atoms with Crippen LogP contribution in [0.4, 0.5) is 4.79 Å². The fourth-order valence-corrected chi connectivity index (χ4v) is 5.34. The Bertz CT molecular complexity index is 1180. The third kappa shape index (κ3) is 3.55. The van der Waals surface area contributed by atoms with Crippen molar-refractivity contribution in [2.75, 3.05) is 0 Å². The normalized spacial score (nSPS) is 22.7. The van der Waals surface area contributed by atoms with Gasteiger partial charge in [-0.3, -0.25) is 9.47 Å². The van der Waals surface area contributed by atoms with Crippen molar-refractivity contribution in [3.8, 4) is 5.69 Å². The lowest BCUT2D eigenvalue weighted by atomic mass is 9.74. The van der Waals surface area contributed by atoms with E-state index in [1.54, 1.807) is 0 Å². The molecular weight excluding hydrogens is 428 g/mol. The second-order valence-corrected chi connectivity index (χ2v) is 9.28. The minimum Gasteiger partial charge on any atom is -0.465 e. The van der Waals surface area contributed by atoms with Crippen molar-refractivity contribution in [1.29, 1.82) is 0 Å². The van der Waals surface area contributed by atoms with Gasteiger partial charge in [-0.1, -0.05) is 35.9 Å². The van der Waals surface area contributed by atoms with Gasteiger partial charge in [0, 0.05) is 10.9 Å². The van der Waals surface area contributed by atoms with Gasteiger partial charge in [-0.25, -0.2) is 4.79 Å². The SMILES string of the molecule is Cc1ccccc1C1(O)CCC(c2nnc3n2-c2ccc(Cl)cc2CN(C(=O)O)C3)CC1. The predicted octanol–water partition coefficient (Wildman–Crippen LogP) is 4.77. The molecule has 1 aliphatic heterocycles. The summed E-state index contributed by atoms with van der Waals surface area (Å²) in [6, 6.07) is 13.5. The Morgan fingerprint density at radius 1 is 1.12 bits per heavy atom. The Morgan fingerprint density at radius 3 is 2.59 bits per heavy atom. The van der Waals surface area contributed by atoms with Crippen LogP contribution in [0.2, 0.25) is 5.02 Å². The van der Waals surface area contributed by atoms with E-state index in [1.165, 1.54) is 4.90 Å². The van der Waals surface area contributed by atoms with Gasteiger partial charge in [-0.15, -0.1) is 10.2 Å². The molecule has 3 aromatic rings. The van der Waals surface area contributed by atoms with E-state index >= 15 is 0 Å². The van der Waals surface area contributed by atoms with Crippen LogP contribution in [0.3, 0.4) is 0 Å². The van der Waals surface area contributed by atoms with Gasteiger partial charge in [0.25, 0.3) is 0 Å². The fraction of sp³-hybridized carbons (Fsp3) is 0.375. The number of aryl methyl sites for hydroxylation is 1. The summed E-state index contributed by atoms with van der Waals surface area (Å²) in [5, 5.41) is 30.4. The van der Waals surface area contributed by atoms with Crippen molar-refractivity contribution in [3.63, 3.8) is 0 Å². The minimum absolute atomic E-state index is 0.125. The average molecular weight is 453 g/mol. The lowest BCUT2D eigenvalue weighted by molar-refractivity contribution is -0.00700. The smallest absolute Gasteiger partial charge is 0.408 e. The molecule has 0 unspecified atom stereocenters. The topological polar surface area (TPSA) is 91.5 Å². The first-order valence-electron chi connectivity index (χ1n) is 10.8. The van der Waals surface area contributed by atoms with Gasteiger partial charge in [-0.2, -0.15) is 0 Å². The molecule has 0 saturated heterocycles. The molecule has 0 atom stereocenters. The highest BCUT2D eigenvalue weighted by molar-refractivity contribution is 6.30. The number of hydrogen-bond acceptors (Lipinski definition) is 4. The van der Waals surface area contributed by atoms with Crippen molar-refractivity contribution >= 4 is 17.7 Å². The van der Waals surface area contributed by atoms with Gasteiger partial charge >= 0.3 is 6.09 Å². The zero-order chi connectivity index (χ0) is 22.5. The van der Waals surface area contributed by atoms with Crippen LogP contribution in [-0.2, 0) is 18.7 Å². The van der Waals surface area contributed by atoms with Crippen LogP contribution >= 0.6 is 11.6 Å². The van der Waals surface area contributed by atoms with Gasteiger partial charge in [-0.05, 0) is 67.5 Å². The molecule has 0 bridgehead atoms. The Balaban J connectivity index is 1.49. The first-order chi connectivity index (χ1) is 15.4. The van der Waals surface area contributed by atoms with Crippen LogP contribution in [0.25, 0.3) is 5.69 Å². The average Bonchev–Trinajstić information content (AvgIpc) is 3.10. The third-order valence-corrected chi connectivity index (χ3v) is 7.06. The van der Waals surface area contributed by atoms with E-state index in [2.05, 4.69) is 10.2 Å². The van der Waals surface area contributed by atoms with Gasteiger partial charge in [0.2, 0.25) is 0 Å². The summed E-state index contributed by atoms with van der Waals surface area (Å²) in [5.41, 5.74) is 2.95. The number of nitrogens with zero attached hydrogens (tertiary/aromatic N) is 4. The monoisotopic (exact) mass is 452 g/mol. The number of carboxylic acid groups (broad SMARTS) is 1. The molecule has 2 heterocycles. The Labute approximate surface area is 191 Å². The maximum atomic E-state index is 11.8. The van der Waals surface area contributed by atoms with Crippen LogP contribution in [0.5, 0.6) is 0 Å². The van der Waals surface area contributed by atoms with E-state index in [0.29, 0.717) is 23.7 Å². The lowest BCUT2D eigenvalue weighted by Gasteiger charge is -2.37. The molecule has 166 valence electrons. The largest absolute Gasteiger partial charge is 0.465 e. The minimum atomic E-state index is -1.00. The highest BCUT2D eigenvalue weighted by atomic mass is 35.5. The molecule has 1 fully saturated rings. The van der Waals surface area contributed by atoms with Crippen LogP contribution in [-0.4, -0.2) is 36.0 Å². The summed E-state index contributed by atoms with van der Waals surface area (Å²) in [6.45, 7) is 2.44. The molecule has 7 nitrogen and oxygen atoms in total. The van der Waals surface area contributed by atoms with Crippen molar-refractivity contribution in [1.82, 2.24) is 19.7 Å². The summed E-state index contributed by atoms with van der Waals surface area (Å²) in [4.78, 5) is 13.1. The van der Waals surface area contributed by atoms with E-state index in [4.69, 9.17) is 11.6 Å². The summed E-state index contributed by atoms with van der Waals surface area (Å²) in [7, 11) is 0.